The fourth-order valence-electron chi connectivity index (χ4n) is 2.94. The molecule has 1 aliphatic rings. The summed E-state index contributed by atoms with van der Waals surface area (Å²) in [5.74, 6) is 0. The Balaban J connectivity index is 2.04. The van der Waals surface area contributed by atoms with Crippen molar-refractivity contribution < 1.29 is 5.11 Å². The normalized spacial score (nSPS) is 18.9. The summed E-state index contributed by atoms with van der Waals surface area (Å²) in [6.45, 7) is 0. The van der Waals surface area contributed by atoms with Crippen LogP contribution >= 0.6 is 15.9 Å². The van der Waals surface area contributed by atoms with E-state index >= 15 is 0 Å². The second-order valence-corrected chi connectivity index (χ2v) is 5.92. The van der Waals surface area contributed by atoms with Crippen molar-refractivity contribution in [2.45, 2.75) is 30.8 Å². The number of rotatable bonds is 3. The van der Waals surface area contributed by atoms with Crippen LogP contribution in [-0.2, 0) is 12.5 Å². The van der Waals surface area contributed by atoms with Gasteiger partial charge in [-0.1, -0.05) is 42.0 Å². The Hall–Kier alpha value is -1.20. The Morgan fingerprint density at radius 3 is 2.47 bits per heavy atom. The highest BCUT2D eigenvalue weighted by atomic mass is 79.9. The highest BCUT2D eigenvalue weighted by Gasteiger charge is 2.47. The highest BCUT2D eigenvalue weighted by molar-refractivity contribution is 9.10. The fourth-order valence-corrected chi connectivity index (χ4v) is 3.48. The van der Waals surface area contributed by atoms with Crippen molar-refractivity contribution in [3.8, 4) is 0 Å². The smallest absolute Gasteiger partial charge is 0.154 e. The van der Waals surface area contributed by atoms with Crippen LogP contribution in [0.4, 0.5) is 0 Å². The molecule has 1 atom stereocenters. The van der Waals surface area contributed by atoms with Crippen LogP contribution in [0.25, 0.3) is 0 Å². The van der Waals surface area contributed by atoms with E-state index in [9.17, 15) is 5.11 Å². The molecule has 0 radical (unpaired) electrons. The van der Waals surface area contributed by atoms with Gasteiger partial charge in [0.1, 0.15) is 11.8 Å². The van der Waals surface area contributed by atoms with Crippen molar-refractivity contribution >= 4 is 15.9 Å². The largest absolute Gasteiger partial charge is 0.386 e. The third kappa shape index (κ3) is 1.92. The molecule has 0 amide bonds. The minimum atomic E-state index is -0.585. The van der Waals surface area contributed by atoms with Gasteiger partial charge in [-0.2, -0.15) is 0 Å². The number of hydrogen-bond acceptors (Lipinski definition) is 3. The molecule has 0 spiro atoms. The maximum Gasteiger partial charge on any atom is 0.154 e. The summed E-state index contributed by atoms with van der Waals surface area (Å²) < 4.78 is 2.28. The van der Waals surface area contributed by atoms with E-state index < -0.39 is 6.10 Å². The number of aromatic nitrogens is 3. The minimum Gasteiger partial charge on any atom is -0.386 e. The van der Waals surface area contributed by atoms with Crippen LogP contribution in [0, 0.1) is 0 Å². The summed E-state index contributed by atoms with van der Waals surface area (Å²) in [4.78, 5) is 0. The van der Waals surface area contributed by atoms with Crippen LogP contribution in [0.15, 0.2) is 34.9 Å². The van der Waals surface area contributed by atoms with Gasteiger partial charge in [0.15, 0.2) is 4.60 Å². The summed E-state index contributed by atoms with van der Waals surface area (Å²) in [6.07, 6.45) is 2.55. The van der Waals surface area contributed by atoms with Crippen molar-refractivity contribution in [2.75, 3.05) is 0 Å². The van der Waals surface area contributed by atoms with Crippen LogP contribution in [0.1, 0.15) is 36.6 Å². The standard InChI is InChI=1S/C14H16BrN3O/c1-18-11(13(15)16-17-18)12(19)14(8-5-9-14)10-6-3-2-4-7-10/h2-4,6-7,12,19H,5,8-9H2,1H3. The Kier molecular flexibility index (Phi) is 3.19. The van der Waals surface area contributed by atoms with Gasteiger partial charge in [-0.05, 0) is 34.3 Å². The first-order valence-corrected chi connectivity index (χ1v) is 7.23. The average molecular weight is 322 g/mol. The molecule has 0 bridgehead atoms. The number of halogens is 1. The maximum absolute atomic E-state index is 10.9. The van der Waals surface area contributed by atoms with Gasteiger partial charge >= 0.3 is 0 Å². The lowest BCUT2D eigenvalue weighted by Gasteiger charge is -2.46. The van der Waals surface area contributed by atoms with Crippen molar-refractivity contribution in [2.24, 2.45) is 7.05 Å². The van der Waals surface area contributed by atoms with E-state index in [2.05, 4.69) is 38.4 Å². The quantitative estimate of drug-likeness (QED) is 0.945. The van der Waals surface area contributed by atoms with Gasteiger partial charge in [0.25, 0.3) is 0 Å². The van der Waals surface area contributed by atoms with Crippen LogP contribution in [-0.4, -0.2) is 20.1 Å². The number of benzene rings is 1. The Morgan fingerprint density at radius 2 is 2.00 bits per heavy atom. The molecule has 1 saturated carbocycles. The molecule has 1 aliphatic carbocycles. The molecule has 4 nitrogen and oxygen atoms in total. The van der Waals surface area contributed by atoms with E-state index in [0.29, 0.717) is 4.60 Å². The summed E-state index contributed by atoms with van der Waals surface area (Å²) in [7, 11) is 1.81. The molecule has 5 heteroatoms. The first kappa shape index (κ1) is 12.8. The van der Waals surface area contributed by atoms with E-state index in [1.165, 1.54) is 5.56 Å². The fraction of sp³-hybridized carbons (Fsp3) is 0.429. The molecule has 2 aromatic rings. The summed E-state index contributed by atoms with van der Waals surface area (Å²) in [5.41, 5.74) is 1.75. The van der Waals surface area contributed by atoms with Crippen molar-refractivity contribution in [3.05, 3.63) is 46.2 Å². The lowest BCUT2D eigenvalue weighted by molar-refractivity contribution is 0.0206. The molecule has 100 valence electrons. The van der Waals surface area contributed by atoms with Crippen LogP contribution in [0.2, 0.25) is 0 Å². The van der Waals surface area contributed by atoms with Crippen LogP contribution < -0.4 is 0 Å². The first-order chi connectivity index (χ1) is 9.15. The van der Waals surface area contributed by atoms with Gasteiger partial charge in [0.2, 0.25) is 0 Å². The SMILES string of the molecule is Cn1nnc(Br)c1C(O)C1(c2ccccc2)CCC1. The lowest BCUT2D eigenvalue weighted by atomic mass is 9.60. The Labute approximate surface area is 120 Å². The second-order valence-electron chi connectivity index (χ2n) is 5.17. The Morgan fingerprint density at radius 1 is 1.32 bits per heavy atom. The van der Waals surface area contributed by atoms with Crippen molar-refractivity contribution in [3.63, 3.8) is 0 Å². The van der Waals surface area contributed by atoms with E-state index in [-0.39, 0.29) is 5.41 Å². The third-order valence-electron chi connectivity index (χ3n) is 4.20. The zero-order valence-corrected chi connectivity index (χ0v) is 12.3. The molecule has 3 rings (SSSR count). The van der Waals surface area contributed by atoms with Gasteiger partial charge < -0.3 is 5.11 Å². The van der Waals surface area contributed by atoms with E-state index in [1.807, 2.05) is 25.2 Å². The van der Waals surface area contributed by atoms with Crippen molar-refractivity contribution in [1.82, 2.24) is 15.0 Å². The monoisotopic (exact) mass is 321 g/mol. The summed E-state index contributed by atoms with van der Waals surface area (Å²) >= 11 is 3.38. The van der Waals surface area contributed by atoms with Gasteiger partial charge in [0, 0.05) is 12.5 Å². The lowest BCUT2D eigenvalue weighted by Crippen LogP contribution is -2.41. The molecule has 0 saturated heterocycles. The minimum absolute atomic E-state index is 0.195. The molecular formula is C14H16BrN3O. The number of hydrogen-bond donors (Lipinski definition) is 1. The molecule has 1 aromatic carbocycles. The first-order valence-electron chi connectivity index (χ1n) is 6.44. The van der Waals surface area contributed by atoms with Gasteiger partial charge in [0.05, 0.1) is 0 Å². The van der Waals surface area contributed by atoms with Gasteiger partial charge in [-0.3, -0.25) is 0 Å². The van der Waals surface area contributed by atoms with Crippen LogP contribution in [0.5, 0.6) is 0 Å². The molecule has 1 heterocycles. The number of aliphatic hydroxyl groups is 1. The summed E-state index contributed by atoms with van der Waals surface area (Å²) in [6, 6.07) is 10.3. The number of aliphatic hydroxyl groups excluding tert-OH is 1. The third-order valence-corrected chi connectivity index (χ3v) is 4.77. The van der Waals surface area contributed by atoms with E-state index in [0.717, 1.165) is 25.0 Å². The van der Waals surface area contributed by atoms with E-state index in [4.69, 9.17) is 0 Å². The molecule has 1 aromatic heterocycles. The number of nitrogens with zero attached hydrogens (tertiary/aromatic N) is 3. The van der Waals surface area contributed by atoms with Gasteiger partial charge in [-0.15, -0.1) is 5.10 Å². The molecule has 1 N–H and O–H groups in total. The zero-order chi connectivity index (χ0) is 13.5. The maximum atomic E-state index is 10.9. The average Bonchev–Trinajstić information content (AvgIpc) is 2.69. The molecule has 0 aliphatic heterocycles. The van der Waals surface area contributed by atoms with Gasteiger partial charge in [-0.25, -0.2) is 4.68 Å². The van der Waals surface area contributed by atoms with E-state index in [1.54, 1.807) is 4.68 Å². The molecular weight excluding hydrogens is 306 g/mol. The second kappa shape index (κ2) is 4.72. The molecule has 1 fully saturated rings. The summed E-state index contributed by atoms with van der Waals surface area (Å²) in [5, 5.41) is 18.8. The number of aryl methyl sites for hydroxylation is 1. The zero-order valence-electron chi connectivity index (χ0n) is 10.8. The highest BCUT2D eigenvalue weighted by Crippen LogP contribution is 2.52. The molecule has 19 heavy (non-hydrogen) atoms. The Bertz CT molecular complexity index is 558. The topological polar surface area (TPSA) is 50.9 Å². The predicted octanol–water partition coefficient (Wildman–Crippen LogP) is 2.73. The van der Waals surface area contributed by atoms with Crippen LogP contribution in [0.3, 0.4) is 0 Å². The van der Waals surface area contributed by atoms with Crippen molar-refractivity contribution in [1.29, 1.82) is 0 Å². The molecule has 1 unspecified atom stereocenters. The predicted molar refractivity (Wildman–Crippen MR) is 75.6 cm³/mol.